The first kappa shape index (κ1) is 54.0. The largest absolute Gasteiger partial charge is 0.477 e. The van der Waals surface area contributed by atoms with Gasteiger partial charge in [-0.2, -0.15) is 0 Å². The molecule has 0 aromatic heterocycles. The number of rotatable bonds is 37. The van der Waals surface area contributed by atoms with Gasteiger partial charge in [-0.1, -0.05) is 155 Å². The van der Waals surface area contributed by atoms with E-state index in [1.54, 1.807) is 0 Å². The summed E-state index contributed by atoms with van der Waals surface area (Å²) in [5.74, 6) is -1.56. The van der Waals surface area contributed by atoms with Gasteiger partial charge in [-0.15, -0.1) is 0 Å². The van der Waals surface area contributed by atoms with Crippen LogP contribution in [-0.4, -0.2) is 80.6 Å². The van der Waals surface area contributed by atoms with Crippen molar-refractivity contribution in [1.82, 2.24) is 0 Å². The molecular formula is C50H80NO7+. The van der Waals surface area contributed by atoms with E-state index in [9.17, 15) is 19.5 Å². The van der Waals surface area contributed by atoms with Crippen molar-refractivity contribution in [2.45, 2.75) is 148 Å². The standard InChI is InChI=1S/C50H79NO7/c1-6-8-10-12-14-16-18-20-22-24-25-27-29-31-33-35-37-39-41-49(53)58-46(44-56-43-42-47(50(54)55)51(3,4)5)45-57-48(52)40-38-36-34-32-30-28-26-23-21-19-17-15-13-11-9-7-2/h9-12,14-18,20-25,27-28,30,46-47H,6-8,13,19,26,29,31-45H2,1-5H3/p+1/b11-9+,12-10+,16-14+,17-15+,20-18+,23-21+,24-22+,27-25+,30-28+. The normalized spacial score (nSPS) is 14.0. The van der Waals surface area contributed by atoms with Gasteiger partial charge in [-0.3, -0.25) is 9.59 Å². The number of esters is 2. The second-order valence-corrected chi connectivity index (χ2v) is 15.3. The van der Waals surface area contributed by atoms with Crippen LogP contribution in [0.4, 0.5) is 0 Å². The predicted octanol–water partition coefficient (Wildman–Crippen LogP) is 12.1. The van der Waals surface area contributed by atoms with Gasteiger partial charge in [0, 0.05) is 19.3 Å². The number of hydrogen-bond donors (Lipinski definition) is 1. The Bertz CT molecular complexity index is 1310. The summed E-state index contributed by atoms with van der Waals surface area (Å²) in [7, 11) is 5.49. The monoisotopic (exact) mass is 807 g/mol. The van der Waals surface area contributed by atoms with E-state index in [1.807, 2.05) is 57.6 Å². The van der Waals surface area contributed by atoms with Crippen LogP contribution in [0.5, 0.6) is 0 Å². The number of carbonyl (C=O) groups excluding carboxylic acids is 2. The third kappa shape index (κ3) is 37.6. The van der Waals surface area contributed by atoms with Gasteiger partial charge in [-0.25, -0.2) is 4.79 Å². The number of aliphatic carboxylic acids is 1. The summed E-state index contributed by atoms with van der Waals surface area (Å²) in [5.41, 5.74) is 0. The van der Waals surface area contributed by atoms with Crippen molar-refractivity contribution < 1.29 is 38.2 Å². The minimum absolute atomic E-state index is 0.0319. The summed E-state index contributed by atoms with van der Waals surface area (Å²) in [6.07, 6.45) is 54.1. The summed E-state index contributed by atoms with van der Waals surface area (Å²) in [5, 5.41) is 9.62. The SMILES string of the molecule is CC/C=C/C/C=C/C/C=C/C/C=C/CCCCCC(=O)OCC(COCCC(C(=O)O)[N+](C)(C)C)OC(=O)CCCCCCC/C=C/C=C/C=C/C=C/C=C/CCC. The third-order valence-corrected chi connectivity index (χ3v) is 9.02. The Hall–Kier alpha value is -4.01. The molecule has 0 saturated heterocycles. The molecule has 0 fully saturated rings. The van der Waals surface area contributed by atoms with Crippen LogP contribution in [0.1, 0.15) is 136 Å². The van der Waals surface area contributed by atoms with E-state index in [1.165, 1.54) is 6.42 Å². The molecule has 0 heterocycles. The van der Waals surface area contributed by atoms with Gasteiger partial charge in [0.15, 0.2) is 12.1 Å². The molecule has 0 rings (SSSR count). The fraction of sp³-hybridized carbons (Fsp3) is 0.580. The lowest BCUT2D eigenvalue weighted by molar-refractivity contribution is -0.887. The Morgan fingerprint density at radius 1 is 0.552 bits per heavy atom. The highest BCUT2D eigenvalue weighted by Gasteiger charge is 2.31. The lowest BCUT2D eigenvalue weighted by Gasteiger charge is -2.31. The van der Waals surface area contributed by atoms with Crippen molar-refractivity contribution in [3.8, 4) is 0 Å². The molecule has 2 atom stereocenters. The molecule has 0 aliphatic heterocycles. The number of likely N-dealkylation sites (N-methyl/N-ethyl adjacent to an activating group) is 1. The minimum atomic E-state index is -0.890. The van der Waals surface area contributed by atoms with E-state index in [0.717, 1.165) is 96.3 Å². The number of carboxylic acid groups (broad SMARTS) is 1. The summed E-state index contributed by atoms with van der Waals surface area (Å²) in [6, 6.07) is -0.632. The van der Waals surface area contributed by atoms with Crippen LogP contribution >= 0.6 is 0 Å². The molecule has 0 radical (unpaired) electrons. The maximum absolute atomic E-state index is 12.7. The van der Waals surface area contributed by atoms with E-state index >= 15 is 0 Å². The first-order valence-electron chi connectivity index (χ1n) is 22.0. The van der Waals surface area contributed by atoms with Gasteiger partial charge < -0.3 is 23.8 Å². The third-order valence-electron chi connectivity index (χ3n) is 9.02. The molecule has 8 heteroatoms. The van der Waals surface area contributed by atoms with Gasteiger partial charge in [0.05, 0.1) is 34.4 Å². The van der Waals surface area contributed by atoms with E-state index in [2.05, 4.69) is 86.8 Å². The van der Waals surface area contributed by atoms with Gasteiger partial charge in [0.1, 0.15) is 6.61 Å². The van der Waals surface area contributed by atoms with Crippen LogP contribution in [0.25, 0.3) is 0 Å². The molecule has 0 aliphatic carbocycles. The summed E-state index contributed by atoms with van der Waals surface area (Å²) < 4.78 is 17.2. The maximum atomic E-state index is 12.7. The van der Waals surface area contributed by atoms with Crippen molar-refractivity contribution in [3.63, 3.8) is 0 Å². The molecule has 8 nitrogen and oxygen atoms in total. The second kappa shape index (κ2) is 39.8. The van der Waals surface area contributed by atoms with Gasteiger partial charge >= 0.3 is 17.9 Å². The number of unbranched alkanes of at least 4 members (excludes halogenated alkanes) is 9. The zero-order valence-electron chi connectivity index (χ0n) is 36.9. The number of nitrogens with zero attached hydrogens (tertiary/aromatic N) is 1. The molecule has 1 N–H and O–H groups in total. The van der Waals surface area contributed by atoms with Crippen molar-refractivity contribution in [2.24, 2.45) is 0 Å². The van der Waals surface area contributed by atoms with E-state index in [4.69, 9.17) is 14.2 Å². The highest BCUT2D eigenvalue weighted by molar-refractivity contribution is 5.72. The van der Waals surface area contributed by atoms with Gasteiger partial charge in [0.2, 0.25) is 0 Å². The van der Waals surface area contributed by atoms with Crippen molar-refractivity contribution >= 4 is 17.9 Å². The Balaban J connectivity index is 4.50. The molecule has 0 spiro atoms. The number of carbonyl (C=O) groups is 3. The molecule has 58 heavy (non-hydrogen) atoms. The Labute approximate surface area is 353 Å². The number of ether oxygens (including phenoxy) is 3. The minimum Gasteiger partial charge on any atom is -0.477 e. The van der Waals surface area contributed by atoms with Gasteiger partial charge in [-0.05, 0) is 70.6 Å². The Morgan fingerprint density at radius 3 is 1.60 bits per heavy atom. The summed E-state index contributed by atoms with van der Waals surface area (Å²) in [4.78, 5) is 37.0. The maximum Gasteiger partial charge on any atom is 0.362 e. The molecule has 326 valence electrons. The van der Waals surface area contributed by atoms with E-state index < -0.39 is 18.1 Å². The van der Waals surface area contributed by atoms with Gasteiger partial charge in [0.25, 0.3) is 0 Å². The molecule has 0 amide bonds. The number of quaternary nitrogens is 1. The quantitative estimate of drug-likeness (QED) is 0.0219. The van der Waals surface area contributed by atoms with E-state index in [-0.39, 0.29) is 42.7 Å². The van der Waals surface area contributed by atoms with Crippen molar-refractivity contribution in [3.05, 3.63) is 109 Å². The van der Waals surface area contributed by atoms with Crippen LogP contribution in [0, 0.1) is 0 Å². The predicted molar refractivity (Wildman–Crippen MR) is 242 cm³/mol. The van der Waals surface area contributed by atoms with Crippen LogP contribution in [0.2, 0.25) is 0 Å². The number of hydrogen-bond acceptors (Lipinski definition) is 6. The summed E-state index contributed by atoms with van der Waals surface area (Å²) in [6.45, 7) is 4.44. The van der Waals surface area contributed by atoms with E-state index in [0.29, 0.717) is 12.8 Å². The molecule has 0 aromatic rings. The fourth-order valence-electron chi connectivity index (χ4n) is 5.64. The highest BCUT2D eigenvalue weighted by Crippen LogP contribution is 2.12. The Morgan fingerprint density at radius 2 is 1.03 bits per heavy atom. The molecule has 0 aromatic carbocycles. The smallest absolute Gasteiger partial charge is 0.362 e. The zero-order chi connectivity index (χ0) is 42.8. The lowest BCUT2D eigenvalue weighted by Crippen LogP contribution is -2.50. The topological polar surface area (TPSA) is 99.1 Å². The number of allylic oxidation sites excluding steroid dienone is 18. The van der Waals surface area contributed by atoms with Crippen LogP contribution in [-0.2, 0) is 28.6 Å². The molecule has 0 saturated carbocycles. The average molecular weight is 807 g/mol. The second-order valence-electron chi connectivity index (χ2n) is 15.3. The zero-order valence-corrected chi connectivity index (χ0v) is 36.9. The Kier molecular flexibility index (Phi) is 37.0. The molecule has 0 aliphatic rings. The average Bonchev–Trinajstić information content (AvgIpc) is 3.18. The first-order chi connectivity index (χ1) is 28.1. The molecular weight excluding hydrogens is 727 g/mol. The van der Waals surface area contributed by atoms with Crippen LogP contribution in [0.3, 0.4) is 0 Å². The van der Waals surface area contributed by atoms with Crippen LogP contribution < -0.4 is 0 Å². The van der Waals surface area contributed by atoms with Crippen molar-refractivity contribution in [2.75, 3.05) is 41.0 Å². The fourth-order valence-corrected chi connectivity index (χ4v) is 5.64. The molecule has 0 bridgehead atoms. The summed E-state index contributed by atoms with van der Waals surface area (Å²) >= 11 is 0. The lowest BCUT2D eigenvalue weighted by atomic mass is 10.1. The van der Waals surface area contributed by atoms with Crippen LogP contribution in [0.15, 0.2) is 109 Å². The first-order valence-corrected chi connectivity index (χ1v) is 22.0. The molecule has 2 unspecified atom stereocenters. The van der Waals surface area contributed by atoms with Crippen molar-refractivity contribution in [1.29, 1.82) is 0 Å². The highest BCUT2D eigenvalue weighted by atomic mass is 16.6. The number of carboxylic acids is 1.